The summed E-state index contributed by atoms with van der Waals surface area (Å²) in [5.41, 5.74) is 2.02. The van der Waals surface area contributed by atoms with E-state index in [1.54, 1.807) is 36.4 Å². The van der Waals surface area contributed by atoms with Crippen molar-refractivity contribution in [2.75, 3.05) is 0 Å². The quantitative estimate of drug-likeness (QED) is 0.673. The molecule has 2 aromatic rings. The number of fused-ring (bicyclic) bond motifs is 1. The van der Waals surface area contributed by atoms with Crippen LogP contribution in [-0.2, 0) is 22.7 Å². The highest BCUT2D eigenvalue weighted by molar-refractivity contribution is 6.06. The van der Waals surface area contributed by atoms with E-state index in [0.717, 1.165) is 5.56 Å². The Labute approximate surface area is 166 Å². The van der Waals surface area contributed by atoms with Crippen LogP contribution >= 0.6 is 0 Å². The fourth-order valence-electron chi connectivity index (χ4n) is 3.63. The summed E-state index contributed by atoms with van der Waals surface area (Å²) in [6.07, 6.45) is 0.481. The monoisotopic (exact) mass is 393 g/mol. The molecule has 2 aliphatic heterocycles. The number of rotatable bonds is 4. The number of imide groups is 1. The van der Waals surface area contributed by atoms with Crippen LogP contribution in [-0.4, -0.2) is 39.7 Å². The Morgan fingerprint density at radius 1 is 1.17 bits per heavy atom. The number of nitrogens with zero attached hydrogens (tertiary/aromatic N) is 1. The maximum atomic E-state index is 12.8. The predicted molar refractivity (Wildman–Crippen MR) is 102 cm³/mol. The van der Waals surface area contributed by atoms with Crippen LogP contribution in [0.3, 0.4) is 0 Å². The first-order valence-corrected chi connectivity index (χ1v) is 9.26. The van der Waals surface area contributed by atoms with E-state index < -0.39 is 11.9 Å². The van der Waals surface area contributed by atoms with Gasteiger partial charge in [0.05, 0.1) is 0 Å². The number of phenolic OH excluding ortho intramolecular Hbond substituents is 1. The third kappa shape index (κ3) is 3.56. The fraction of sp³-hybridized carbons (Fsp3) is 0.238. The summed E-state index contributed by atoms with van der Waals surface area (Å²) >= 11 is 0. The molecule has 0 saturated carbocycles. The highest BCUT2D eigenvalue weighted by atomic mass is 16.3. The summed E-state index contributed by atoms with van der Waals surface area (Å²) in [6, 6.07) is 10.9. The SMILES string of the molecule is O=C1CCC(N2Cc3ccc(C(=O)NCc4ccccc4O)cc3C2=O)C(=O)N1. The summed E-state index contributed by atoms with van der Waals surface area (Å²) in [4.78, 5) is 50.2. The van der Waals surface area contributed by atoms with Crippen LogP contribution in [0.15, 0.2) is 42.5 Å². The molecule has 0 aliphatic carbocycles. The van der Waals surface area contributed by atoms with Crippen LogP contribution in [0.4, 0.5) is 0 Å². The molecule has 8 nitrogen and oxygen atoms in total. The molecule has 4 rings (SSSR count). The number of phenols is 1. The van der Waals surface area contributed by atoms with Crippen molar-refractivity contribution in [3.05, 3.63) is 64.7 Å². The number of carbonyl (C=O) groups excluding carboxylic acids is 4. The maximum absolute atomic E-state index is 12.8. The van der Waals surface area contributed by atoms with Gasteiger partial charge in [-0.05, 0) is 30.2 Å². The molecule has 4 amide bonds. The lowest BCUT2D eigenvalue weighted by molar-refractivity contribution is -0.136. The number of hydrogen-bond donors (Lipinski definition) is 3. The molecule has 2 aromatic carbocycles. The third-order valence-corrected chi connectivity index (χ3v) is 5.22. The van der Waals surface area contributed by atoms with Crippen molar-refractivity contribution >= 4 is 23.6 Å². The van der Waals surface area contributed by atoms with E-state index in [1.165, 1.54) is 11.0 Å². The molecule has 1 atom stereocenters. The Morgan fingerprint density at radius 2 is 1.97 bits per heavy atom. The number of hydrogen-bond acceptors (Lipinski definition) is 5. The molecule has 29 heavy (non-hydrogen) atoms. The second-order valence-electron chi connectivity index (χ2n) is 7.08. The van der Waals surface area contributed by atoms with Crippen LogP contribution in [0.1, 0.15) is 44.7 Å². The lowest BCUT2D eigenvalue weighted by atomic mass is 10.0. The van der Waals surface area contributed by atoms with Crippen LogP contribution in [0, 0.1) is 0 Å². The number of aromatic hydroxyl groups is 1. The minimum absolute atomic E-state index is 0.0943. The molecule has 0 spiro atoms. The van der Waals surface area contributed by atoms with Crippen molar-refractivity contribution < 1.29 is 24.3 Å². The first kappa shape index (κ1) is 18.7. The normalized spacial score (nSPS) is 18.4. The molecule has 2 heterocycles. The predicted octanol–water partition coefficient (Wildman–Crippen LogP) is 1.08. The van der Waals surface area contributed by atoms with E-state index in [2.05, 4.69) is 10.6 Å². The molecule has 0 aromatic heterocycles. The van der Waals surface area contributed by atoms with Crippen molar-refractivity contribution in [1.29, 1.82) is 0 Å². The van der Waals surface area contributed by atoms with Gasteiger partial charge in [0.25, 0.3) is 11.8 Å². The van der Waals surface area contributed by atoms with E-state index in [4.69, 9.17) is 0 Å². The van der Waals surface area contributed by atoms with Gasteiger partial charge in [-0.1, -0.05) is 24.3 Å². The first-order valence-electron chi connectivity index (χ1n) is 9.26. The highest BCUT2D eigenvalue weighted by Crippen LogP contribution is 2.28. The largest absolute Gasteiger partial charge is 0.508 e. The summed E-state index contributed by atoms with van der Waals surface area (Å²) in [5, 5.41) is 14.8. The molecule has 2 aliphatic rings. The number of piperidine rings is 1. The van der Waals surface area contributed by atoms with Gasteiger partial charge in [0, 0.05) is 36.2 Å². The Balaban J connectivity index is 1.47. The molecule has 1 saturated heterocycles. The van der Waals surface area contributed by atoms with Crippen molar-refractivity contribution in [1.82, 2.24) is 15.5 Å². The van der Waals surface area contributed by atoms with Crippen molar-refractivity contribution in [3.8, 4) is 5.75 Å². The fourth-order valence-corrected chi connectivity index (χ4v) is 3.63. The molecule has 8 heteroatoms. The van der Waals surface area contributed by atoms with Crippen molar-refractivity contribution in [3.63, 3.8) is 0 Å². The Bertz CT molecular complexity index is 1030. The van der Waals surface area contributed by atoms with Gasteiger partial charge in [-0.2, -0.15) is 0 Å². The molecular weight excluding hydrogens is 374 g/mol. The Kier molecular flexibility index (Phi) is 4.75. The highest BCUT2D eigenvalue weighted by Gasteiger charge is 2.39. The zero-order valence-corrected chi connectivity index (χ0v) is 15.5. The van der Waals surface area contributed by atoms with Gasteiger partial charge in [-0.25, -0.2) is 0 Å². The lowest BCUT2D eigenvalue weighted by Crippen LogP contribution is -2.52. The van der Waals surface area contributed by atoms with Gasteiger partial charge in [-0.3, -0.25) is 24.5 Å². The molecule has 148 valence electrons. The van der Waals surface area contributed by atoms with Gasteiger partial charge >= 0.3 is 0 Å². The maximum Gasteiger partial charge on any atom is 0.255 e. The average molecular weight is 393 g/mol. The van der Waals surface area contributed by atoms with E-state index in [-0.39, 0.29) is 49.4 Å². The zero-order valence-electron chi connectivity index (χ0n) is 15.5. The minimum Gasteiger partial charge on any atom is -0.508 e. The smallest absolute Gasteiger partial charge is 0.255 e. The first-order chi connectivity index (χ1) is 13.9. The summed E-state index contributed by atoms with van der Waals surface area (Å²) in [5.74, 6) is -1.41. The van der Waals surface area contributed by atoms with Gasteiger partial charge in [0.15, 0.2) is 0 Å². The van der Waals surface area contributed by atoms with Crippen molar-refractivity contribution in [2.45, 2.75) is 32.0 Å². The zero-order chi connectivity index (χ0) is 20.5. The van der Waals surface area contributed by atoms with E-state index in [1.807, 2.05) is 0 Å². The summed E-state index contributed by atoms with van der Waals surface area (Å²) in [7, 11) is 0. The molecule has 3 N–H and O–H groups in total. The number of nitrogens with one attached hydrogen (secondary N) is 2. The average Bonchev–Trinajstić information content (AvgIpc) is 3.03. The van der Waals surface area contributed by atoms with E-state index >= 15 is 0 Å². The number of para-hydroxylation sites is 1. The minimum atomic E-state index is -0.689. The van der Waals surface area contributed by atoms with Crippen LogP contribution in [0.25, 0.3) is 0 Å². The second-order valence-corrected chi connectivity index (χ2v) is 7.08. The standard InChI is InChI=1S/C21H19N3O5/c25-17-4-2-1-3-13(17)10-22-19(27)12-5-6-14-11-24(21(29)15(14)9-12)16-7-8-18(26)23-20(16)28/h1-6,9,16,25H,7-8,10-11H2,(H,22,27)(H,23,26,28). The lowest BCUT2D eigenvalue weighted by Gasteiger charge is -2.29. The van der Waals surface area contributed by atoms with E-state index in [9.17, 15) is 24.3 Å². The summed E-state index contributed by atoms with van der Waals surface area (Å²) < 4.78 is 0. The Morgan fingerprint density at radius 3 is 2.72 bits per heavy atom. The molecule has 0 bridgehead atoms. The summed E-state index contributed by atoms with van der Waals surface area (Å²) in [6.45, 7) is 0.416. The van der Waals surface area contributed by atoms with Crippen molar-refractivity contribution in [2.24, 2.45) is 0 Å². The van der Waals surface area contributed by atoms with Gasteiger partial charge in [0.2, 0.25) is 11.8 Å². The topological polar surface area (TPSA) is 116 Å². The third-order valence-electron chi connectivity index (χ3n) is 5.22. The molecule has 1 fully saturated rings. The van der Waals surface area contributed by atoms with Gasteiger partial charge in [0.1, 0.15) is 11.8 Å². The van der Waals surface area contributed by atoms with Gasteiger partial charge in [-0.15, -0.1) is 0 Å². The van der Waals surface area contributed by atoms with Gasteiger partial charge < -0.3 is 15.3 Å². The second kappa shape index (κ2) is 7.38. The molecule has 1 unspecified atom stereocenters. The molecular formula is C21H19N3O5. The van der Waals surface area contributed by atoms with Crippen LogP contribution in [0.2, 0.25) is 0 Å². The Hall–Kier alpha value is -3.68. The number of carbonyl (C=O) groups is 4. The molecule has 0 radical (unpaired) electrons. The number of amides is 4. The van der Waals surface area contributed by atoms with E-state index in [0.29, 0.717) is 16.7 Å². The van der Waals surface area contributed by atoms with Crippen LogP contribution < -0.4 is 10.6 Å². The van der Waals surface area contributed by atoms with Crippen LogP contribution in [0.5, 0.6) is 5.75 Å². The number of benzene rings is 2.